The Balaban J connectivity index is 2.18. The first kappa shape index (κ1) is 23.2. The molecule has 0 unspecified atom stereocenters. The molecule has 0 aliphatic heterocycles. The van der Waals surface area contributed by atoms with Crippen LogP contribution >= 0.6 is 27.5 Å². The lowest BCUT2D eigenvalue weighted by Crippen LogP contribution is -2.53. The molecule has 2 rings (SSSR count). The van der Waals surface area contributed by atoms with Gasteiger partial charge < -0.3 is 15.0 Å². The summed E-state index contributed by atoms with van der Waals surface area (Å²) >= 11 is 9.51. The zero-order valence-corrected chi connectivity index (χ0v) is 19.4. The van der Waals surface area contributed by atoms with Crippen molar-refractivity contribution in [2.75, 3.05) is 6.61 Å². The van der Waals surface area contributed by atoms with Gasteiger partial charge in [0.25, 0.3) is 5.91 Å². The van der Waals surface area contributed by atoms with E-state index in [0.717, 1.165) is 10.0 Å². The minimum Gasteiger partial charge on any atom is -0.482 e. The number of hydrogen-bond donors (Lipinski definition) is 1. The summed E-state index contributed by atoms with van der Waals surface area (Å²) in [5.74, 6) is -0.0944. The number of halogens is 2. The van der Waals surface area contributed by atoms with Crippen LogP contribution in [0.15, 0.2) is 53.0 Å². The van der Waals surface area contributed by atoms with Crippen molar-refractivity contribution in [3.63, 3.8) is 0 Å². The van der Waals surface area contributed by atoms with E-state index < -0.39 is 11.6 Å². The van der Waals surface area contributed by atoms with E-state index in [4.69, 9.17) is 16.3 Å². The summed E-state index contributed by atoms with van der Waals surface area (Å²) in [6.07, 6.45) is 0. The van der Waals surface area contributed by atoms with E-state index in [1.54, 1.807) is 31.2 Å². The van der Waals surface area contributed by atoms with E-state index in [0.29, 0.717) is 10.8 Å². The van der Waals surface area contributed by atoms with Gasteiger partial charge in [-0.15, -0.1) is 0 Å². The fourth-order valence-electron chi connectivity index (χ4n) is 2.63. The van der Waals surface area contributed by atoms with Crippen LogP contribution in [0.2, 0.25) is 5.02 Å². The van der Waals surface area contributed by atoms with Crippen molar-refractivity contribution in [1.29, 1.82) is 0 Å². The molecule has 0 radical (unpaired) electrons. The van der Waals surface area contributed by atoms with Gasteiger partial charge in [0.2, 0.25) is 5.91 Å². The third-order valence-electron chi connectivity index (χ3n) is 4.12. The van der Waals surface area contributed by atoms with Gasteiger partial charge in [0.05, 0.1) is 5.02 Å². The molecule has 2 amide bonds. The highest BCUT2D eigenvalue weighted by molar-refractivity contribution is 9.10. The highest BCUT2D eigenvalue weighted by Gasteiger charge is 2.28. The molecule has 0 saturated heterocycles. The Kier molecular flexibility index (Phi) is 8.11. The van der Waals surface area contributed by atoms with Crippen molar-refractivity contribution in [1.82, 2.24) is 10.2 Å². The van der Waals surface area contributed by atoms with E-state index in [2.05, 4.69) is 21.2 Å². The van der Waals surface area contributed by atoms with Gasteiger partial charge in [-0.3, -0.25) is 9.59 Å². The third kappa shape index (κ3) is 7.37. The Hall–Kier alpha value is -2.05. The predicted molar refractivity (Wildman–Crippen MR) is 119 cm³/mol. The summed E-state index contributed by atoms with van der Waals surface area (Å²) in [6.45, 7) is 7.49. The maximum atomic E-state index is 13.0. The number of para-hydroxylation sites is 1. The maximum Gasteiger partial charge on any atom is 0.261 e. The van der Waals surface area contributed by atoms with Crippen LogP contribution in [0.3, 0.4) is 0 Å². The number of amides is 2. The third-order valence-corrected chi connectivity index (χ3v) is 4.96. The summed E-state index contributed by atoms with van der Waals surface area (Å²) in [5, 5.41) is 3.36. The van der Waals surface area contributed by atoms with Crippen LogP contribution in [-0.4, -0.2) is 34.9 Å². The first-order valence-electron chi connectivity index (χ1n) is 9.30. The van der Waals surface area contributed by atoms with Gasteiger partial charge in [-0.05, 0) is 57.5 Å². The molecule has 1 N–H and O–H groups in total. The van der Waals surface area contributed by atoms with Gasteiger partial charge in [0, 0.05) is 16.6 Å². The van der Waals surface area contributed by atoms with E-state index in [-0.39, 0.29) is 25.0 Å². The molecule has 0 bridgehead atoms. The molecule has 7 heteroatoms. The zero-order valence-electron chi connectivity index (χ0n) is 17.0. The number of carbonyl (C=O) groups is 2. The SMILES string of the molecule is C[C@@H](C(=O)NC(C)(C)C)N(Cc1ccc(Br)cc1)C(=O)COc1ccccc1Cl. The standard InChI is InChI=1S/C22H26BrClN2O3/c1-15(21(28)25-22(2,3)4)26(13-16-9-11-17(23)12-10-16)20(27)14-29-19-8-6-5-7-18(19)24/h5-12,15H,13-14H2,1-4H3,(H,25,28)/t15-/m0/s1. The highest BCUT2D eigenvalue weighted by atomic mass is 79.9. The van der Waals surface area contributed by atoms with Crippen LogP contribution in [0.4, 0.5) is 0 Å². The quantitative estimate of drug-likeness (QED) is 0.617. The zero-order chi connectivity index (χ0) is 21.6. The minimum absolute atomic E-state index is 0.215. The number of ether oxygens (including phenoxy) is 1. The van der Waals surface area contributed by atoms with E-state index in [1.807, 2.05) is 45.0 Å². The molecular formula is C22H26BrClN2O3. The van der Waals surface area contributed by atoms with Gasteiger partial charge in [-0.2, -0.15) is 0 Å². The summed E-state index contributed by atoms with van der Waals surface area (Å²) < 4.78 is 6.55. The number of nitrogens with one attached hydrogen (secondary N) is 1. The van der Waals surface area contributed by atoms with Crippen LogP contribution in [0.1, 0.15) is 33.3 Å². The Bertz CT molecular complexity index is 850. The van der Waals surface area contributed by atoms with E-state index in [1.165, 1.54) is 4.90 Å². The van der Waals surface area contributed by atoms with Crippen molar-refractivity contribution >= 4 is 39.3 Å². The van der Waals surface area contributed by atoms with Crippen molar-refractivity contribution in [3.8, 4) is 5.75 Å². The second-order valence-corrected chi connectivity index (χ2v) is 9.11. The number of hydrogen-bond acceptors (Lipinski definition) is 3. The van der Waals surface area contributed by atoms with Crippen LogP contribution in [0.5, 0.6) is 5.75 Å². The molecule has 0 spiro atoms. The molecular weight excluding hydrogens is 456 g/mol. The van der Waals surface area contributed by atoms with Gasteiger partial charge in [-0.1, -0.05) is 51.8 Å². The Morgan fingerprint density at radius 3 is 2.34 bits per heavy atom. The van der Waals surface area contributed by atoms with E-state index in [9.17, 15) is 9.59 Å². The molecule has 0 aliphatic carbocycles. The number of nitrogens with zero attached hydrogens (tertiary/aromatic N) is 1. The molecule has 1 atom stereocenters. The van der Waals surface area contributed by atoms with Crippen molar-refractivity contribution in [2.24, 2.45) is 0 Å². The molecule has 0 saturated carbocycles. The number of rotatable bonds is 7. The molecule has 2 aromatic rings. The van der Waals surface area contributed by atoms with Gasteiger partial charge in [-0.25, -0.2) is 0 Å². The summed E-state index contributed by atoms with van der Waals surface area (Å²) in [6, 6.07) is 13.9. The average molecular weight is 482 g/mol. The highest BCUT2D eigenvalue weighted by Crippen LogP contribution is 2.23. The van der Waals surface area contributed by atoms with Crippen molar-refractivity contribution in [2.45, 2.75) is 45.8 Å². The first-order valence-corrected chi connectivity index (χ1v) is 10.5. The lowest BCUT2D eigenvalue weighted by Gasteiger charge is -2.31. The van der Waals surface area contributed by atoms with Gasteiger partial charge in [0.1, 0.15) is 11.8 Å². The Morgan fingerprint density at radius 2 is 1.76 bits per heavy atom. The summed E-state index contributed by atoms with van der Waals surface area (Å²) in [7, 11) is 0. The second-order valence-electron chi connectivity index (χ2n) is 7.78. The largest absolute Gasteiger partial charge is 0.482 e. The monoisotopic (exact) mass is 480 g/mol. The lowest BCUT2D eigenvalue weighted by atomic mass is 10.1. The van der Waals surface area contributed by atoms with Crippen molar-refractivity contribution < 1.29 is 14.3 Å². The summed E-state index contributed by atoms with van der Waals surface area (Å²) in [5.41, 5.74) is 0.515. The normalized spacial score (nSPS) is 12.2. The van der Waals surface area contributed by atoms with Crippen molar-refractivity contribution in [3.05, 3.63) is 63.6 Å². The molecule has 0 fully saturated rings. The van der Waals surface area contributed by atoms with Crippen LogP contribution in [0, 0.1) is 0 Å². The molecule has 0 aliphatic rings. The second kappa shape index (κ2) is 10.1. The Labute approximate surface area is 185 Å². The molecule has 156 valence electrons. The van der Waals surface area contributed by atoms with Crippen LogP contribution in [-0.2, 0) is 16.1 Å². The first-order chi connectivity index (χ1) is 13.6. The molecule has 5 nitrogen and oxygen atoms in total. The lowest BCUT2D eigenvalue weighted by molar-refractivity contribution is -0.142. The van der Waals surface area contributed by atoms with Gasteiger partial charge in [0.15, 0.2) is 6.61 Å². The Morgan fingerprint density at radius 1 is 1.14 bits per heavy atom. The number of carbonyl (C=O) groups excluding carboxylic acids is 2. The minimum atomic E-state index is -0.666. The van der Waals surface area contributed by atoms with E-state index >= 15 is 0 Å². The van der Waals surface area contributed by atoms with Crippen LogP contribution in [0.25, 0.3) is 0 Å². The molecule has 0 heterocycles. The van der Waals surface area contributed by atoms with Crippen LogP contribution < -0.4 is 10.1 Å². The molecule has 2 aromatic carbocycles. The fourth-order valence-corrected chi connectivity index (χ4v) is 3.08. The average Bonchev–Trinajstić information content (AvgIpc) is 2.64. The number of benzene rings is 2. The fraction of sp³-hybridized carbons (Fsp3) is 0.364. The molecule has 29 heavy (non-hydrogen) atoms. The maximum absolute atomic E-state index is 13.0. The predicted octanol–water partition coefficient (Wildman–Crippen LogP) is 4.81. The smallest absolute Gasteiger partial charge is 0.261 e. The topological polar surface area (TPSA) is 58.6 Å². The molecule has 0 aromatic heterocycles. The van der Waals surface area contributed by atoms with Gasteiger partial charge >= 0.3 is 0 Å². The summed E-state index contributed by atoms with van der Waals surface area (Å²) in [4.78, 5) is 27.2.